The summed E-state index contributed by atoms with van der Waals surface area (Å²) in [6.45, 7) is 0. The van der Waals surface area contributed by atoms with Gasteiger partial charge in [0.05, 0.1) is 0 Å². The number of carbonyl (C=O) groups excluding carboxylic acids is 1. The van der Waals surface area contributed by atoms with Gasteiger partial charge in [-0.2, -0.15) is 0 Å². The molecule has 0 aromatic heterocycles. The van der Waals surface area contributed by atoms with Crippen LogP contribution in [0.5, 0.6) is 0 Å². The summed E-state index contributed by atoms with van der Waals surface area (Å²) in [6.07, 6.45) is 4.18. The minimum atomic E-state index is -1.01. The third kappa shape index (κ3) is 3.15. The molecule has 0 radical (unpaired) electrons. The number of halogens is 3. The Hall–Kier alpha value is -0.800. The third-order valence-corrected chi connectivity index (χ3v) is 3.84. The van der Waals surface area contributed by atoms with Gasteiger partial charge in [0.1, 0.15) is 11.2 Å². The second kappa shape index (κ2) is 5.89. The van der Waals surface area contributed by atoms with E-state index in [0.717, 1.165) is 31.7 Å². The molecule has 2 rings (SSSR count). The van der Waals surface area contributed by atoms with E-state index in [1.165, 1.54) is 12.1 Å². The third-order valence-electron chi connectivity index (χ3n) is 3.17. The van der Waals surface area contributed by atoms with Crippen molar-refractivity contribution in [2.24, 2.45) is 0 Å². The molecule has 0 saturated heterocycles. The Labute approximate surface area is 115 Å². The first-order valence-corrected chi connectivity index (χ1v) is 6.79. The SMILES string of the molecule is O=C(NC1CCCC1)C(Cl)c1ccc(Cl)cc1F. The van der Waals surface area contributed by atoms with Gasteiger partial charge in [-0.3, -0.25) is 4.79 Å². The number of nitrogens with one attached hydrogen (secondary N) is 1. The maximum Gasteiger partial charge on any atom is 0.242 e. The summed E-state index contributed by atoms with van der Waals surface area (Å²) in [5.74, 6) is -0.895. The van der Waals surface area contributed by atoms with E-state index < -0.39 is 11.2 Å². The molecule has 1 N–H and O–H groups in total. The standard InChI is InChI=1S/C13H14Cl2FNO/c14-8-5-6-10(11(16)7-8)12(15)13(18)17-9-3-1-2-4-9/h5-7,9,12H,1-4H2,(H,17,18). The molecule has 1 aromatic carbocycles. The largest absolute Gasteiger partial charge is 0.352 e. The smallest absolute Gasteiger partial charge is 0.242 e. The fourth-order valence-corrected chi connectivity index (χ4v) is 2.59. The van der Waals surface area contributed by atoms with Crippen LogP contribution in [0.25, 0.3) is 0 Å². The number of amides is 1. The molecular formula is C13H14Cl2FNO. The van der Waals surface area contributed by atoms with Crippen molar-refractivity contribution in [1.82, 2.24) is 5.32 Å². The van der Waals surface area contributed by atoms with E-state index in [9.17, 15) is 9.18 Å². The topological polar surface area (TPSA) is 29.1 Å². The summed E-state index contributed by atoms with van der Waals surface area (Å²) < 4.78 is 13.6. The van der Waals surface area contributed by atoms with Crippen molar-refractivity contribution in [3.05, 3.63) is 34.6 Å². The van der Waals surface area contributed by atoms with Crippen LogP contribution in [0.3, 0.4) is 0 Å². The number of benzene rings is 1. The molecule has 0 spiro atoms. The molecule has 1 aliphatic rings. The Morgan fingerprint density at radius 1 is 1.39 bits per heavy atom. The van der Waals surface area contributed by atoms with Gasteiger partial charge in [0.15, 0.2) is 0 Å². The second-order valence-electron chi connectivity index (χ2n) is 4.52. The van der Waals surface area contributed by atoms with Crippen LogP contribution in [0.1, 0.15) is 36.6 Å². The number of hydrogen-bond donors (Lipinski definition) is 1. The summed E-state index contributed by atoms with van der Waals surface area (Å²) in [6, 6.07) is 4.31. The van der Waals surface area contributed by atoms with Gasteiger partial charge in [-0.1, -0.05) is 30.5 Å². The van der Waals surface area contributed by atoms with Crippen molar-refractivity contribution in [3.63, 3.8) is 0 Å². The van der Waals surface area contributed by atoms with Crippen LogP contribution < -0.4 is 5.32 Å². The van der Waals surface area contributed by atoms with Gasteiger partial charge < -0.3 is 5.32 Å². The lowest BCUT2D eigenvalue weighted by atomic mass is 10.1. The summed E-state index contributed by atoms with van der Waals surface area (Å²) in [5.41, 5.74) is 0.163. The van der Waals surface area contributed by atoms with Gasteiger partial charge in [0, 0.05) is 16.6 Å². The fraction of sp³-hybridized carbons (Fsp3) is 0.462. The van der Waals surface area contributed by atoms with E-state index in [0.29, 0.717) is 0 Å². The highest BCUT2D eigenvalue weighted by molar-refractivity contribution is 6.31. The summed E-state index contributed by atoms with van der Waals surface area (Å²) in [7, 11) is 0. The Kier molecular flexibility index (Phi) is 4.46. The van der Waals surface area contributed by atoms with E-state index in [1.807, 2.05) is 0 Å². The number of carbonyl (C=O) groups is 1. The molecule has 1 atom stereocenters. The maximum atomic E-state index is 13.6. The van der Waals surface area contributed by atoms with Crippen molar-refractivity contribution < 1.29 is 9.18 Å². The van der Waals surface area contributed by atoms with Crippen molar-refractivity contribution in [3.8, 4) is 0 Å². The highest BCUT2D eigenvalue weighted by atomic mass is 35.5. The first-order valence-electron chi connectivity index (χ1n) is 5.97. The Morgan fingerprint density at radius 2 is 2.06 bits per heavy atom. The van der Waals surface area contributed by atoms with E-state index in [4.69, 9.17) is 23.2 Å². The molecule has 2 nitrogen and oxygen atoms in total. The van der Waals surface area contributed by atoms with Gasteiger partial charge in [-0.05, 0) is 25.0 Å². The Balaban J connectivity index is 2.05. The zero-order valence-corrected chi connectivity index (χ0v) is 11.3. The molecule has 0 heterocycles. The Morgan fingerprint density at radius 3 is 2.67 bits per heavy atom. The van der Waals surface area contributed by atoms with Crippen molar-refractivity contribution >= 4 is 29.1 Å². The second-order valence-corrected chi connectivity index (χ2v) is 5.39. The van der Waals surface area contributed by atoms with Crippen molar-refractivity contribution in [2.45, 2.75) is 37.1 Å². The van der Waals surface area contributed by atoms with E-state index in [2.05, 4.69) is 5.32 Å². The predicted octanol–water partition coefficient (Wildman–Crippen LogP) is 3.82. The Bertz CT molecular complexity index is 447. The minimum Gasteiger partial charge on any atom is -0.352 e. The lowest BCUT2D eigenvalue weighted by molar-refractivity contribution is -0.121. The molecule has 1 fully saturated rings. The van der Waals surface area contributed by atoms with Crippen LogP contribution in [0.4, 0.5) is 4.39 Å². The van der Waals surface area contributed by atoms with Crippen molar-refractivity contribution in [1.29, 1.82) is 0 Å². The molecule has 98 valence electrons. The zero-order valence-electron chi connectivity index (χ0n) is 9.76. The first-order chi connectivity index (χ1) is 8.58. The average molecular weight is 290 g/mol. The highest BCUT2D eigenvalue weighted by Gasteiger charge is 2.25. The van der Waals surface area contributed by atoms with Crippen LogP contribution in [0.15, 0.2) is 18.2 Å². The van der Waals surface area contributed by atoms with Crippen LogP contribution in [0, 0.1) is 5.82 Å². The molecule has 1 unspecified atom stereocenters. The summed E-state index contributed by atoms with van der Waals surface area (Å²) in [4.78, 5) is 11.9. The molecular weight excluding hydrogens is 276 g/mol. The van der Waals surface area contributed by atoms with Crippen molar-refractivity contribution in [2.75, 3.05) is 0 Å². The predicted molar refractivity (Wildman–Crippen MR) is 70.4 cm³/mol. The van der Waals surface area contributed by atoms with Gasteiger partial charge >= 0.3 is 0 Å². The number of hydrogen-bond acceptors (Lipinski definition) is 1. The van der Waals surface area contributed by atoms with Gasteiger partial charge in [0.2, 0.25) is 5.91 Å². The molecule has 0 aliphatic heterocycles. The zero-order chi connectivity index (χ0) is 13.1. The maximum absolute atomic E-state index is 13.6. The van der Waals surface area contributed by atoms with Crippen LogP contribution in [0.2, 0.25) is 5.02 Å². The normalized spacial score (nSPS) is 17.7. The first kappa shape index (κ1) is 13.6. The number of alkyl halides is 1. The minimum absolute atomic E-state index is 0.163. The van der Waals surface area contributed by atoms with Gasteiger partial charge in [0.25, 0.3) is 0 Å². The fourth-order valence-electron chi connectivity index (χ4n) is 2.19. The number of rotatable bonds is 3. The molecule has 1 aromatic rings. The van der Waals surface area contributed by atoms with Crippen LogP contribution >= 0.6 is 23.2 Å². The molecule has 1 saturated carbocycles. The van der Waals surface area contributed by atoms with E-state index >= 15 is 0 Å². The lowest BCUT2D eigenvalue weighted by Crippen LogP contribution is -2.35. The van der Waals surface area contributed by atoms with E-state index in [-0.39, 0.29) is 22.5 Å². The molecule has 18 heavy (non-hydrogen) atoms. The molecule has 1 aliphatic carbocycles. The summed E-state index contributed by atoms with van der Waals surface area (Å²) in [5, 5.41) is 2.13. The monoisotopic (exact) mass is 289 g/mol. The van der Waals surface area contributed by atoms with Crippen LogP contribution in [-0.4, -0.2) is 11.9 Å². The van der Waals surface area contributed by atoms with E-state index in [1.54, 1.807) is 0 Å². The summed E-state index contributed by atoms with van der Waals surface area (Å²) >= 11 is 11.7. The molecule has 0 bridgehead atoms. The van der Waals surface area contributed by atoms with Gasteiger partial charge in [-0.15, -0.1) is 11.6 Å². The van der Waals surface area contributed by atoms with Gasteiger partial charge in [-0.25, -0.2) is 4.39 Å². The lowest BCUT2D eigenvalue weighted by Gasteiger charge is -2.16. The molecule has 5 heteroatoms. The highest BCUT2D eigenvalue weighted by Crippen LogP contribution is 2.27. The molecule has 1 amide bonds. The quantitative estimate of drug-likeness (QED) is 0.842. The van der Waals surface area contributed by atoms with Crippen LogP contribution in [-0.2, 0) is 4.79 Å². The average Bonchev–Trinajstić information content (AvgIpc) is 2.81.